The molecule has 1 saturated carbocycles. The maximum absolute atomic E-state index is 13.2. The van der Waals surface area contributed by atoms with E-state index in [1.165, 1.54) is 24.3 Å². The van der Waals surface area contributed by atoms with E-state index in [2.05, 4.69) is 10.3 Å². The summed E-state index contributed by atoms with van der Waals surface area (Å²) in [6.07, 6.45) is 8.75. The van der Waals surface area contributed by atoms with Crippen molar-refractivity contribution in [2.75, 3.05) is 6.54 Å². The van der Waals surface area contributed by atoms with E-state index >= 15 is 0 Å². The van der Waals surface area contributed by atoms with Gasteiger partial charge in [-0.15, -0.1) is 0 Å². The lowest BCUT2D eigenvalue weighted by molar-refractivity contribution is -0.147. The molecular weight excluding hydrogens is 309 g/mol. The number of hydrogen-bond acceptors (Lipinski definition) is 3. The highest BCUT2D eigenvalue weighted by Crippen LogP contribution is 2.40. The van der Waals surface area contributed by atoms with Gasteiger partial charge in [-0.1, -0.05) is 25.0 Å². The summed E-state index contributed by atoms with van der Waals surface area (Å²) < 4.78 is 15.1. The number of nitrogens with zero attached hydrogens (tertiary/aromatic N) is 2. The van der Waals surface area contributed by atoms with Gasteiger partial charge >= 0.3 is 0 Å². The molecule has 1 aliphatic carbocycles. The molecule has 1 amide bonds. The molecule has 0 radical (unpaired) electrons. The van der Waals surface area contributed by atoms with Crippen molar-refractivity contribution >= 4 is 5.91 Å². The van der Waals surface area contributed by atoms with Crippen LogP contribution in [0, 0.1) is 11.7 Å². The summed E-state index contributed by atoms with van der Waals surface area (Å²) in [5.74, 6) is -0.939. The van der Waals surface area contributed by atoms with Gasteiger partial charge in [-0.2, -0.15) is 0 Å². The van der Waals surface area contributed by atoms with Crippen molar-refractivity contribution in [2.45, 2.75) is 37.8 Å². The van der Waals surface area contributed by atoms with Crippen LogP contribution in [-0.2, 0) is 16.9 Å². The van der Waals surface area contributed by atoms with Gasteiger partial charge in [-0.25, -0.2) is 9.37 Å². The minimum absolute atomic E-state index is 0.142. The summed E-state index contributed by atoms with van der Waals surface area (Å²) in [5.41, 5.74) is -1.16. The van der Waals surface area contributed by atoms with E-state index in [4.69, 9.17) is 0 Å². The predicted octanol–water partition coefficient (Wildman–Crippen LogP) is 2.22. The number of halogens is 1. The van der Waals surface area contributed by atoms with Crippen LogP contribution in [0.15, 0.2) is 43.0 Å². The molecule has 2 aromatic rings. The van der Waals surface area contributed by atoms with Crippen LogP contribution in [0.25, 0.3) is 0 Å². The molecule has 0 spiro atoms. The summed E-state index contributed by atoms with van der Waals surface area (Å²) >= 11 is 0. The molecule has 1 unspecified atom stereocenters. The van der Waals surface area contributed by atoms with Crippen LogP contribution in [0.4, 0.5) is 4.39 Å². The van der Waals surface area contributed by atoms with Crippen molar-refractivity contribution in [2.24, 2.45) is 5.92 Å². The van der Waals surface area contributed by atoms with Gasteiger partial charge < -0.3 is 15.0 Å². The number of hydrogen-bond donors (Lipinski definition) is 2. The molecule has 0 bridgehead atoms. The average molecular weight is 331 g/mol. The molecule has 1 atom stereocenters. The maximum Gasteiger partial charge on any atom is 0.256 e. The lowest BCUT2D eigenvalue weighted by Gasteiger charge is -2.33. The van der Waals surface area contributed by atoms with Crippen molar-refractivity contribution in [3.05, 3.63) is 54.4 Å². The van der Waals surface area contributed by atoms with Gasteiger partial charge in [0, 0.05) is 31.4 Å². The maximum atomic E-state index is 13.2. The third kappa shape index (κ3) is 3.33. The zero-order valence-corrected chi connectivity index (χ0v) is 13.5. The van der Waals surface area contributed by atoms with E-state index in [0.29, 0.717) is 18.7 Å². The monoisotopic (exact) mass is 331 g/mol. The molecule has 128 valence electrons. The van der Waals surface area contributed by atoms with E-state index in [-0.39, 0.29) is 11.7 Å². The van der Waals surface area contributed by atoms with Crippen LogP contribution in [-0.4, -0.2) is 27.1 Å². The fourth-order valence-corrected chi connectivity index (χ4v) is 3.45. The highest BCUT2D eigenvalue weighted by atomic mass is 19.1. The molecule has 3 rings (SSSR count). The molecule has 0 saturated heterocycles. The zero-order valence-electron chi connectivity index (χ0n) is 13.5. The lowest BCUT2D eigenvalue weighted by atomic mass is 9.79. The summed E-state index contributed by atoms with van der Waals surface area (Å²) in [7, 11) is 0. The number of carbonyl (C=O) groups is 1. The molecule has 0 aliphatic heterocycles. The quantitative estimate of drug-likeness (QED) is 0.853. The SMILES string of the molecule is O=C(NCCn1ccnc1)C(O)(c1ccc(F)cc1)C1CCCC1. The number of aromatic nitrogens is 2. The number of aliphatic hydroxyl groups is 1. The van der Waals surface area contributed by atoms with E-state index in [1.54, 1.807) is 12.5 Å². The van der Waals surface area contributed by atoms with Crippen molar-refractivity contribution in [3.8, 4) is 0 Å². The Balaban J connectivity index is 1.75. The molecule has 1 heterocycles. The number of carbonyl (C=O) groups excluding carboxylic acids is 1. The standard InChI is InChI=1S/C18H22FN3O2/c19-16-7-5-15(6-8-16)18(24,14-3-1-2-4-14)17(23)21-10-12-22-11-9-20-13-22/h5-9,11,13-14,24H,1-4,10,12H2,(H,21,23). The Morgan fingerprint density at radius 3 is 2.67 bits per heavy atom. The molecule has 1 aliphatic rings. The lowest BCUT2D eigenvalue weighted by Crippen LogP contribution is -2.49. The third-order valence-electron chi connectivity index (χ3n) is 4.79. The van der Waals surface area contributed by atoms with Crippen LogP contribution in [0.5, 0.6) is 0 Å². The number of nitrogens with one attached hydrogen (secondary N) is 1. The topological polar surface area (TPSA) is 67.2 Å². The summed E-state index contributed by atoms with van der Waals surface area (Å²) in [5, 5.41) is 14.1. The number of imidazole rings is 1. The highest BCUT2D eigenvalue weighted by molar-refractivity contribution is 5.86. The van der Waals surface area contributed by atoms with E-state index < -0.39 is 11.5 Å². The second-order valence-electron chi connectivity index (χ2n) is 6.31. The Morgan fingerprint density at radius 1 is 1.33 bits per heavy atom. The minimum atomic E-state index is -1.61. The van der Waals surface area contributed by atoms with E-state index in [1.807, 2.05) is 10.8 Å². The number of benzene rings is 1. The van der Waals surface area contributed by atoms with Crippen LogP contribution in [0.2, 0.25) is 0 Å². The number of rotatable bonds is 6. The molecule has 24 heavy (non-hydrogen) atoms. The molecule has 1 fully saturated rings. The second kappa shape index (κ2) is 7.13. The first-order valence-corrected chi connectivity index (χ1v) is 8.33. The van der Waals surface area contributed by atoms with Crippen molar-refractivity contribution in [1.82, 2.24) is 14.9 Å². The van der Waals surface area contributed by atoms with Gasteiger partial charge in [0.15, 0.2) is 5.60 Å². The van der Waals surface area contributed by atoms with Crippen molar-refractivity contribution < 1.29 is 14.3 Å². The minimum Gasteiger partial charge on any atom is -0.375 e. The largest absolute Gasteiger partial charge is 0.375 e. The average Bonchev–Trinajstić information content (AvgIpc) is 3.28. The fourth-order valence-electron chi connectivity index (χ4n) is 3.45. The Hall–Kier alpha value is -2.21. The highest BCUT2D eigenvalue weighted by Gasteiger charge is 2.46. The summed E-state index contributed by atoms with van der Waals surface area (Å²) in [6.45, 7) is 0.974. The first kappa shape index (κ1) is 16.6. The first-order valence-electron chi connectivity index (χ1n) is 8.33. The third-order valence-corrected chi connectivity index (χ3v) is 4.79. The zero-order chi connectivity index (χ0) is 17.0. The smallest absolute Gasteiger partial charge is 0.256 e. The second-order valence-corrected chi connectivity index (χ2v) is 6.31. The molecule has 5 nitrogen and oxygen atoms in total. The van der Waals surface area contributed by atoms with Crippen LogP contribution in [0.1, 0.15) is 31.2 Å². The fraction of sp³-hybridized carbons (Fsp3) is 0.444. The van der Waals surface area contributed by atoms with Crippen LogP contribution >= 0.6 is 0 Å². The van der Waals surface area contributed by atoms with Gasteiger partial charge in [0.2, 0.25) is 0 Å². The van der Waals surface area contributed by atoms with Gasteiger partial charge in [-0.05, 0) is 30.5 Å². The molecule has 6 heteroatoms. The van der Waals surface area contributed by atoms with Crippen molar-refractivity contribution in [1.29, 1.82) is 0 Å². The molecule has 1 aromatic heterocycles. The van der Waals surface area contributed by atoms with E-state index in [0.717, 1.165) is 25.7 Å². The van der Waals surface area contributed by atoms with Gasteiger partial charge in [0.1, 0.15) is 5.82 Å². The summed E-state index contributed by atoms with van der Waals surface area (Å²) in [6, 6.07) is 5.58. The molecule has 1 aromatic carbocycles. The normalized spacial score (nSPS) is 17.6. The predicted molar refractivity (Wildman–Crippen MR) is 87.5 cm³/mol. The Labute approximate surface area is 140 Å². The van der Waals surface area contributed by atoms with Crippen molar-refractivity contribution in [3.63, 3.8) is 0 Å². The van der Waals surface area contributed by atoms with Crippen LogP contribution < -0.4 is 5.32 Å². The molecule has 2 N–H and O–H groups in total. The first-order chi connectivity index (χ1) is 11.6. The Morgan fingerprint density at radius 2 is 2.04 bits per heavy atom. The Kier molecular flexibility index (Phi) is 4.94. The van der Waals surface area contributed by atoms with Gasteiger partial charge in [0.25, 0.3) is 5.91 Å². The van der Waals surface area contributed by atoms with Crippen LogP contribution in [0.3, 0.4) is 0 Å². The van der Waals surface area contributed by atoms with Gasteiger partial charge in [-0.3, -0.25) is 4.79 Å². The van der Waals surface area contributed by atoms with E-state index in [9.17, 15) is 14.3 Å². The Bertz CT molecular complexity index is 666. The van der Waals surface area contributed by atoms with Gasteiger partial charge in [0.05, 0.1) is 6.33 Å². The summed E-state index contributed by atoms with van der Waals surface area (Å²) in [4.78, 5) is 16.7. The molecular formula is C18H22FN3O2. The number of amides is 1.